The zero-order valence-electron chi connectivity index (χ0n) is 12.2. The predicted molar refractivity (Wildman–Crippen MR) is 88.4 cm³/mol. The first kappa shape index (κ1) is 12.6. The molecular weight excluding hydrogens is 276 g/mol. The van der Waals surface area contributed by atoms with Gasteiger partial charge in [-0.3, -0.25) is 5.73 Å². The summed E-state index contributed by atoms with van der Waals surface area (Å²) < 4.78 is 0. The molecule has 0 radical (unpaired) electrons. The van der Waals surface area contributed by atoms with Crippen LogP contribution in [0.5, 0.6) is 0 Å². The Morgan fingerprint density at radius 1 is 1.05 bits per heavy atom. The molecule has 0 atom stereocenters. The summed E-state index contributed by atoms with van der Waals surface area (Å²) in [4.78, 5) is 4.64. The van der Waals surface area contributed by atoms with Gasteiger partial charge in [0.1, 0.15) is 5.69 Å². The van der Waals surface area contributed by atoms with Crippen LogP contribution in [0.4, 0.5) is 5.13 Å². The highest BCUT2D eigenvalue weighted by Gasteiger charge is 2.25. The molecule has 3 heteroatoms. The summed E-state index contributed by atoms with van der Waals surface area (Å²) in [7, 11) is 0. The SMILES string of the molecule is Cc1ccc(C)c(-c2ccc3c(c2)Cc2sc(N)[nH+]c2-3)c1. The lowest BCUT2D eigenvalue weighted by Gasteiger charge is -2.09. The third-order valence-electron chi connectivity index (χ3n) is 4.19. The highest BCUT2D eigenvalue weighted by atomic mass is 32.1. The number of anilines is 1. The molecule has 0 aliphatic heterocycles. The molecule has 104 valence electrons. The van der Waals surface area contributed by atoms with Crippen molar-refractivity contribution < 1.29 is 4.98 Å². The summed E-state index contributed by atoms with van der Waals surface area (Å²) in [6.07, 6.45) is 0.988. The molecule has 0 spiro atoms. The van der Waals surface area contributed by atoms with Gasteiger partial charge in [0.05, 0.1) is 4.88 Å². The zero-order valence-corrected chi connectivity index (χ0v) is 13.0. The van der Waals surface area contributed by atoms with Crippen LogP contribution in [0, 0.1) is 13.8 Å². The summed E-state index contributed by atoms with van der Waals surface area (Å²) in [6, 6.07) is 13.4. The van der Waals surface area contributed by atoms with Crippen LogP contribution in [0.3, 0.4) is 0 Å². The third-order valence-corrected chi connectivity index (χ3v) is 5.11. The van der Waals surface area contributed by atoms with E-state index in [9.17, 15) is 0 Å². The number of benzene rings is 2. The fourth-order valence-electron chi connectivity index (χ4n) is 3.12. The standard InChI is InChI=1S/C18H16N2S/c1-10-3-4-11(2)15(7-10)12-5-6-14-13(8-12)9-16-17(14)20-18(19)21-16/h3-8H,9H2,1-2H3,(H2,19,20)/p+1. The molecule has 1 aliphatic rings. The van der Waals surface area contributed by atoms with E-state index in [0.717, 1.165) is 11.6 Å². The van der Waals surface area contributed by atoms with E-state index in [0.29, 0.717) is 0 Å². The minimum absolute atomic E-state index is 0.796. The van der Waals surface area contributed by atoms with Crippen LogP contribution in [0.15, 0.2) is 36.4 Å². The van der Waals surface area contributed by atoms with Crippen molar-refractivity contribution in [1.29, 1.82) is 0 Å². The smallest absolute Gasteiger partial charge is 0.278 e. The summed E-state index contributed by atoms with van der Waals surface area (Å²) in [5.74, 6) is 0. The number of aromatic nitrogens is 1. The molecule has 21 heavy (non-hydrogen) atoms. The summed E-state index contributed by atoms with van der Waals surface area (Å²) in [5.41, 5.74) is 15.0. The number of H-pyrrole nitrogens is 1. The van der Waals surface area contributed by atoms with Crippen molar-refractivity contribution >= 4 is 16.5 Å². The average Bonchev–Trinajstić information content (AvgIpc) is 2.96. The first-order chi connectivity index (χ1) is 10.1. The summed E-state index contributed by atoms with van der Waals surface area (Å²) in [5, 5.41) is 0.796. The van der Waals surface area contributed by atoms with E-state index in [-0.39, 0.29) is 0 Å². The topological polar surface area (TPSA) is 40.2 Å². The van der Waals surface area contributed by atoms with Crippen LogP contribution in [-0.2, 0) is 6.42 Å². The van der Waals surface area contributed by atoms with Crippen molar-refractivity contribution in [3.63, 3.8) is 0 Å². The Kier molecular flexibility index (Phi) is 2.66. The number of nitrogens with one attached hydrogen (secondary N) is 1. The van der Waals surface area contributed by atoms with E-state index < -0.39 is 0 Å². The Labute approximate surface area is 128 Å². The molecular formula is C18H17N2S+. The van der Waals surface area contributed by atoms with Gasteiger partial charge in [0.15, 0.2) is 0 Å². The molecule has 3 N–H and O–H groups in total. The number of hydrogen-bond acceptors (Lipinski definition) is 2. The number of aromatic amines is 1. The maximum absolute atomic E-state index is 5.87. The second-order valence-corrected chi connectivity index (χ2v) is 6.89. The van der Waals surface area contributed by atoms with Crippen molar-refractivity contribution in [2.24, 2.45) is 0 Å². The molecule has 0 unspecified atom stereocenters. The lowest BCUT2D eigenvalue weighted by atomic mass is 9.95. The van der Waals surface area contributed by atoms with E-state index in [1.807, 2.05) is 0 Å². The number of aryl methyl sites for hydroxylation is 2. The Bertz CT molecular complexity index is 862. The molecule has 1 aromatic heterocycles. The fourth-order valence-corrected chi connectivity index (χ4v) is 4.02. The molecule has 3 aromatic rings. The van der Waals surface area contributed by atoms with Gasteiger partial charge in [-0.05, 0) is 42.2 Å². The molecule has 0 saturated heterocycles. The second kappa shape index (κ2) is 4.43. The van der Waals surface area contributed by atoms with Crippen LogP contribution >= 0.6 is 11.3 Å². The maximum Gasteiger partial charge on any atom is 0.330 e. The quantitative estimate of drug-likeness (QED) is 0.566. The van der Waals surface area contributed by atoms with Gasteiger partial charge in [-0.1, -0.05) is 47.2 Å². The lowest BCUT2D eigenvalue weighted by molar-refractivity contribution is -0.340. The van der Waals surface area contributed by atoms with Gasteiger partial charge in [0.25, 0.3) is 0 Å². The summed E-state index contributed by atoms with van der Waals surface area (Å²) >= 11 is 1.66. The van der Waals surface area contributed by atoms with Crippen LogP contribution in [0.1, 0.15) is 21.6 Å². The molecule has 0 bridgehead atoms. The first-order valence-corrected chi connectivity index (χ1v) is 7.95. The van der Waals surface area contributed by atoms with E-state index >= 15 is 0 Å². The molecule has 2 aromatic carbocycles. The van der Waals surface area contributed by atoms with Gasteiger partial charge in [-0.25, -0.2) is 4.98 Å². The van der Waals surface area contributed by atoms with Crippen LogP contribution in [-0.4, -0.2) is 0 Å². The molecule has 1 heterocycles. The van der Waals surface area contributed by atoms with E-state index in [4.69, 9.17) is 5.73 Å². The van der Waals surface area contributed by atoms with Gasteiger partial charge in [0, 0.05) is 12.0 Å². The predicted octanol–water partition coefficient (Wildman–Crippen LogP) is 4.00. The molecule has 2 nitrogen and oxygen atoms in total. The second-order valence-electron chi connectivity index (χ2n) is 5.76. The van der Waals surface area contributed by atoms with Gasteiger partial charge in [0.2, 0.25) is 0 Å². The third kappa shape index (κ3) is 1.96. The Morgan fingerprint density at radius 3 is 2.76 bits per heavy atom. The minimum atomic E-state index is 0.796. The Morgan fingerprint density at radius 2 is 1.90 bits per heavy atom. The van der Waals surface area contributed by atoms with E-state index in [1.54, 1.807) is 11.3 Å². The van der Waals surface area contributed by atoms with Crippen molar-refractivity contribution in [3.8, 4) is 22.4 Å². The monoisotopic (exact) mass is 293 g/mol. The molecule has 1 aliphatic carbocycles. The number of nitrogens with two attached hydrogens (primary N) is 1. The molecule has 0 saturated carbocycles. The van der Waals surface area contributed by atoms with Gasteiger partial charge < -0.3 is 0 Å². The van der Waals surface area contributed by atoms with Crippen molar-refractivity contribution in [3.05, 3.63) is 58.0 Å². The Balaban J connectivity index is 1.84. The number of hydrogen-bond donors (Lipinski definition) is 1. The van der Waals surface area contributed by atoms with Gasteiger partial charge in [-0.15, -0.1) is 0 Å². The van der Waals surface area contributed by atoms with Gasteiger partial charge >= 0.3 is 5.13 Å². The average molecular weight is 293 g/mol. The number of thiazole rings is 1. The van der Waals surface area contributed by atoms with Crippen molar-refractivity contribution in [2.45, 2.75) is 20.3 Å². The van der Waals surface area contributed by atoms with E-state index in [1.165, 1.54) is 44.0 Å². The Hall–Kier alpha value is -2.13. The lowest BCUT2D eigenvalue weighted by Crippen LogP contribution is -2.06. The normalized spacial score (nSPS) is 12.3. The minimum Gasteiger partial charge on any atom is -0.278 e. The number of nitrogen functional groups attached to an aromatic ring is 1. The highest BCUT2D eigenvalue weighted by molar-refractivity contribution is 7.15. The molecule has 4 rings (SSSR count). The van der Waals surface area contributed by atoms with Crippen molar-refractivity contribution in [1.82, 2.24) is 0 Å². The fraction of sp³-hybridized carbons (Fsp3) is 0.167. The van der Waals surface area contributed by atoms with Crippen LogP contribution in [0.25, 0.3) is 22.4 Å². The maximum atomic E-state index is 5.87. The first-order valence-electron chi connectivity index (χ1n) is 7.13. The van der Waals surface area contributed by atoms with Crippen LogP contribution < -0.4 is 10.7 Å². The number of fused-ring (bicyclic) bond motifs is 3. The van der Waals surface area contributed by atoms with Crippen LogP contribution in [0.2, 0.25) is 0 Å². The summed E-state index contributed by atoms with van der Waals surface area (Å²) in [6.45, 7) is 4.32. The van der Waals surface area contributed by atoms with Crippen molar-refractivity contribution in [2.75, 3.05) is 5.73 Å². The van der Waals surface area contributed by atoms with E-state index in [2.05, 4.69) is 55.2 Å². The largest absolute Gasteiger partial charge is 0.330 e. The number of rotatable bonds is 1. The molecule has 0 amide bonds. The highest BCUT2D eigenvalue weighted by Crippen LogP contribution is 2.40. The zero-order chi connectivity index (χ0) is 14.6. The van der Waals surface area contributed by atoms with Gasteiger partial charge in [-0.2, -0.15) is 0 Å². The molecule has 0 fully saturated rings.